The average Bonchev–Trinajstić information content (AvgIpc) is 3.45. The first kappa shape index (κ1) is 23.6. The lowest BCUT2D eigenvalue weighted by atomic mass is 10.3. The number of halogens is 3. The van der Waals surface area contributed by atoms with E-state index in [1.54, 1.807) is 22.7 Å². The second kappa shape index (κ2) is 10.7. The smallest absolute Gasteiger partial charge is 0.224 e. The second-order valence-electron chi connectivity index (χ2n) is 7.23. The molecule has 0 amide bonds. The van der Waals surface area contributed by atoms with Gasteiger partial charge >= 0.3 is 0 Å². The van der Waals surface area contributed by atoms with Crippen molar-refractivity contribution < 1.29 is 9.47 Å². The van der Waals surface area contributed by atoms with E-state index in [0.717, 1.165) is 84.7 Å². The molecule has 33 heavy (non-hydrogen) atoms. The quantitative estimate of drug-likeness (QED) is 0.226. The summed E-state index contributed by atoms with van der Waals surface area (Å²) in [5.74, 6) is 1.88. The summed E-state index contributed by atoms with van der Waals surface area (Å²) in [6.45, 7) is 6.41. The van der Waals surface area contributed by atoms with Crippen molar-refractivity contribution in [3.8, 4) is 0 Å². The summed E-state index contributed by atoms with van der Waals surface area (Å²) in [4.78, 5) is 21.6. The van der Waals surface area contributed by atoms with Crippen molar-refractivity contribution in [1.29, 1.82) is 0 Å². The van der Waals surface area contributed by atoms with Gasteiger partial charge in [-0.1, -0.05) is 0 Å². The minimum atomic E-state index is 0.312. The van der Waals surface area contributed by atoms with E-state index in [0.29, 0.717) is 10.6 Å². The zero-order valence-corrected chi connectivity index (χ0v) is 22.6. The molecule has 0 aromatic carbocycles. The van der Waals surface area contributed by atoms with E-state index in [-0.39, 0.29) is 0 Å². The van der Waals surface area contributed by atoms with Gasteiger partial charge in [0, 0.05) is 26.2 Å². The van der Waals surface area contributed by atoms with Crippen LogP contribution in [0.25, 0.3) is 20.4 Å². The van der Waals surface area contributed by atoms with Gasteiger partial charge in [0.2, 0.25) is 10.6 Å². The van der Waals surface area contributed by atoms with E-state index in [1.165, 1.54) is 2.88 Å². The molecule has 4 aromatic heterocycles. The Labute approximate surface area is 222 Å². The van der Waals surface area contributed by atoms with Crippen LogP contribution in [0, 0.1) is 2.88 Å². The monoisotopic (exact) mass is 636 g/mol. The number of rotatable bonds is 2. The highest BCUT2D eigenvalue weighted by atomic mass is 127. The topological polar surface area (TPSA) is 76.5 Å². The van der Waals surface area contributed by atoms with Gasteiger partial charge < -0.3 is 19.3 Å². The molecule has 2 aliphatic heterocycles. The molecular weight excluding hydrogens is 618 g/mol. The Morgan fingerprint density at radius 3 is 1.94 bits per heavy atom. The maximum Gasteiger partial charge on any atom is 0.224 e. The third-order valence-corrected chi connectivity index (χ3v) is 8.29. The highest BCUT2D eigenvalue weighted by Gasteiger charge is 2.19. The number of hydrogen-bond acceptors (Lipinski definition) is 10. The minimum Gasteiger partial charge on any atom is -0.378 e. The Bertz CT molecular complexity index is 1260. The third kappa shape index (κ3) is 5.44. The SMILES string of the molecule is Clc1nc(N2CCOCC2)c2sc(I)cc2n1.Clc1nc(N2CCOCC2)c2sccc2n1. The Kier molecular flexibility index (Phi) is 7.64. The normalized spacial score (nSPS) is 16.8. The van der Waals surface area contributed by atoms with Gasteiger partial charge in [0.15, 0.2) is 11.6 Å². The number of thiophene rings is 2. The summed E-state index contributed by atoms with van der Waals surface area (Å²) in [7, 11) is 0. The number of hydrogen-bond donors (Lipinski definition) is 0. The molecule has 0 atom stereocenters. The molecule has 0 radical (unpaired) electrons. The van der Waals surface area contributed by atoms with Gasteiger partial charge in [-0.2, -0.15) is 9.97 Å². The minimum absolute atomic E-state index is 0.312. The van der Waals surface area contributed by atoms with Crippen LogP contribution in [0.1, 0.15) is 0 Å². The number of ether oxygens (including phenoxy) is 2. The van der Waals surface area contributed by atoms with Crippen LogP contribution in [-0.2, 0) is 9.47 Å². The second-order valence-corrected chi connectivity index (χ2v) is 11.8. The van der Waals surface area contributed by atoms with Crippen LogP contribution in [0.2, 0.25) is 10.6 Å². The van der Waals surface area contributed by atoms with Crippen LogP contribution in [0.4, 0.5) is 11.6 Å². The first-order valence-electron chi connectivity index (χ1n) is 10.3. The zero-order valence-electron chi connectivity index (χ0n) is 17.3. The number of nitrogens with zero attached hydrogens (tertiary/aromatic N) is 6. The van der Waals surface area contributed by atoms with E-state index >= 15 is 0 Å². The van der Waals surface area contributed by atoms with Crippen LogP contribution < -0.4 is 9.80 Å². The van der Waals surface area contributed by atoms with E-state index < -0.39 is 0 Å². The molecule has 2 saturated heterocycles. The van der Waals surface area contributed by atoms with Crippen molar-refractivity contribution in [2.24, 2.45) is 0 Å². The fourth-order valence-corrected chi connectivity index (χ4v) is 6.64. The molecule has 0 saturated carbocycles. The van der Waals surface area contributed by atoms with Gasteiger partial charge in [-0.25, -0.2) is 9.97 Å². The fourth-order valence-electron chi connectivity index (χ4n) is 3.66. The molecule has 6 heterocycles. The molecule has 0 bridgehead atoms. The molecule has 174 valence electrons. The number of fused-ring (bicyclic) bond motifs is 2. The van der Waals surface area contributed by atoms with Crippen molar-refractivity contribution in [2.75, 3.05) is 62.4 Å². The first-order valence-corrected chi connectivity index (χ1v) is 13.8. The summed E-state index contributed by atoms with van der Waals surface area (Å²) < 4.78 is 14.1. The van der Waals surface area contributed by atoms with Crippen molar-refractivity contribution in [3.05, 3.63) is 31.0 Å². The molecule has 0 unspecified atom stereocenters. The fraction of sp³-hybridized carbons (Fsp3) is 0.400. The lowest BCUT2D eigenvalue weighted by Gasteiger charge is -2.28. The molecule has 0 spiro atoms. The van der Waals surface area contributed by atoms with Crippen LogP contribution >= 0.6 is 68.5 Å². The van der Waals surface area contributed by atoms with E-state index in [9.17, 15) is 0 Å². The van der Waals surface area contributed by atoms with Crippen LogP contribution in [-0.4, -0.2) is 72.5 Å². The Hall–Kier alpha value is -1.09. The van der Waals surface area contributed by atoms with E-state index in [1.807, 2.05) is 17.5 Å². The number of anilines is 2. The zero-order chi connectivity index (χ0) is 22.8. The van der Waals surface area contributed by atoms with Crippen molar-refractivity contribution in [2.45, 2.75) is 0 Å². The Morgan fingerprint density at radius 2 is 1.33 bits per heavy atom. The highest BCUT2D eigenvalue weighted by molar-refractivity contribution is 14.1. The van der Waals surface area contributed by atoms with Gasteiger partial charge in [0.25, 0.3) is 0 Å². The molecule has 0 N–H and O–H groups in total. The molecular formula is C20H19Cl2IN6O2S2. The van der Waals surface area contributed by atoms with Crippen molar-refractivity contribution in [1.82, 2.24) is 19.9 Å². The molecule has 6 rings (SSSR count). The lowest BCUT2D eigenvalue weighted by molar-refractivity contribution is 0.122. The van der Waals surface area contributed by atoms with Gasteiger partial charge in [0.1, 0.15) is 0 Å². The number of morpholine rings is 2. The van der Waals surface area contributed by atoms with Gasteiger partial charge in [-0.3, -0.25) is 0 Å². The van der Waals surface area contributed by atoms with Gasteiger partial charge in [0.05, 0.1) is 49.7 Å². The van der Waals surface area contributed by atoms with Gasteiger partial charge in [-0.15, -0.1) is 22.7 Å². The number of aromatic nitrogens is 4. The predicted octanol–water partition coefficient (Wildman–Crippen LogP) is 4.97. The standard InChI is InChI=1S/C10H9ClIN3OS.C10H10ClN3OS/c11-10-13-6-5-7(12)17-8(6)9(14-10)15-1-3-16-4-2-15;11-10-12-7-1-6-16-8(7)9(13-10)14-2-4-15-5-3-14/h5H,1-4H2;1,6H,2-5H2. The molecule has 2 aliphatic rings. The third-order valence-electron chi connectivity index (χ3n) is 5.18. The Balaban J connectivity index is 0.000000139. The van der Waals surface area contributed by atoms with Crippen LogP contribution in [0.5, 0.6) is 0 Å². The summed E-state index contributed by atoms with van der Waals surface area (Å²) in [6.07, 6.45) is 0. The average molecular weight is 637 g/mol. The first-order chi connectivity index (χ1) is 16.1. The molecule has 4 aromatic rings. The highest BCUT2D eigenvalue weighted by Crippen LogP contribution is 2.34. The summed E-state index contributed by atoms with van der Waals surface area (Å²) in [5, 5.41) is 2.64. The summed E-state index contributed by atoms with van der Waals surface area (Å²) in [5.41, 5.74) is 1.85. The molecule has 0 aliphatic carbocycles. The maximum atomic E-state index is 5.97. The predicted molar refractivity (Wildman–Crippen MR) is 144 cm³/mol. The van der Waals surface area contributed by atoms with E-state index in [4.69, 9.17) is 32.7 Å². The Morgan fingerprint density at radius 1 is 0.788 bits per heavy atom. The van der Waals surface area contributed by atoms with Crippen LogP contribution in [0.15, 0.2) is 17.5 Å². The summed E-state index contributed by atoms with van der Waals surface area (Å²) in [6, 6.07) is 4.01. The summed E-state index contributed by atoms with van der Waals surface area (Å²) >= 11 is 17.5. The molecule has 8 nitrogen and oxygen atoms in total. The van der Waals surface area contributed by atoms with Crippen molar-refractivity contribution in [3.63, 3.8) is 0 Å². The maximum absolute atomic E-state index is 5.97. The van der Waals surface area contributed by atoms with Crippen LogP contribution in [0.3, 0.4) is 0 Å². The van der Waals surface area contributed by atoms with Gasteiger partial charge in [-0.05, 0) is 63.3 Å². The molecule has 2 fully saturated rings. The molecule has 13 heteroatoms. The largest absolute Gasteiger partial charge is 0.378 e. The van der Waals surface area contributed by atoms with E-state index in [2.05, 4.69) is 52.3 Å². The van der Waals surface area contributed by atoms with Crippen molar-refractivity contribution >= 4 is 101 Å². The lowest BCUT2D eigenvalue weighted by Crippen LogP contribution is -2.36.